The molecule has 1 amide bonds. The number of amides is 1. The van der Waals surface area contributed by atoms with Crippen molar-refractivity contribution in [3.63, 3.8) is 0 Å². The lowest BCUT2D eigenvalue weighted by Gasteiger charge is -2.42. The SMILES string of the molecule is Cc1ccc(NN(C=O)c2cc(CN3CCCCC3C3CCNCC3)ccc2F)cn1. The minimum Gasteiger partial charge on any atom is -0.317 e. The highest BCUT2D eigenvalue weighted by atomic mass is 19.1. The van der Waals surface area contributed by atoms with Gasteiger partial charge >= 0.3 is 0 Å². The van der Waals surface area contributed by atoms with Gasteiger partial charge in [0.25, 0.3) is 0 Å². The second kappa shape index (κ2) is 10.2. The van der Waals surface area contributed by atoms with E-state index in [4.69, 9.17) is 0 Å². The molecule has 0 saturated carbocycles. The minimum absolute atomic E-state index is 0.225. The Balaban J connectivity index is 1.50. The van der Waals surface area contributed by atoms with Crippen molar-refractivity contribution < 1.29 is 9.18 Å². The molecule has 3 heterocycles. The van der Waals surface area contributed by atoms with E-state index < -0.39 is 5.82 Å². The summed E-state index contributed by atoms with van der Waals surface area (Å²) in [4.78, 5) is 18.5. The van der Waals surface area contributed by atoms with Crippen molar-refractivity contribution in [2.24, 2.45) is 5.92 Å². The number of pyridine rings is 1. The molecule has 2 aromatic rings. The number of benzene rings is 1. The molecular formula is C24H32FN5O. The predicted molar refractivity (Wildman–Crippen MR) is 121 cm³/mol. The van der Waals surface area contributed by atoms with Crippen molar-refractivity contribution in [1.29, 1.82) is 0 Å². The average molecular weight is 426 g/mol. The van der Waals surface area contributed by atoms with Gasteiger partial charge in [0, 0.05) is 18.3 Å². The molecule has 7 heteroatoms. The summed E-state index contributed by atoms with van der Waals surface area (Å²) in [5, 5.41) is 4.65. The van der Waals surface area contributed by atoms with Gasteiger partial charge in [-0.1, -0.05) is 12.5 Å². The van der Waals surface area contributed by atoms with E-state index >= 15 is 0 Å². The van der Waals surface area contributed by atoms with Crippen LogP contribution in [-0.2, 0) is 11.3 Å². The van der Waals surface area contributed by atoms with Gasteiger partial charge in [-0.05, 0) is 88.0 Å². The number of hydrogen-bond donors (Lipinski definition) is 2. The third kappa shape index (κ3) is 5.40. The third-order valence-electron chi connectivity index (χ3n) is 6.51. The lowest BCUT2D eigenvalue weighted by atomic mass is 9.84. The smallest absolute Gasteiger partial charge is 0.232 e. The van der Waals surface area contributed by atoms with Crippen LogP contribution in [0.4, 0.5) is 15.8 Å². The maximum absolute atomic E-state index is 14.6. The first kappa shape index (κ1) is 21.7. The average Bonchev–Trinajstić information content (AvgIpc) is 2.81. The molecule has 166 valence electrons. The normalized spacial score (nSPS) is 20.4. The van der Waals surface area contributed by atoms with Crippen LogP contribution in [0.5, 0.6) is 0 Å². The van der Waals surface area contributed by atoms with Crippen LogP contribution in [-0.4, -0.2) is 42.0 Å². The Morgan fingerprint density at radius 3 is 2.81 bits per heavy atom. The number of rotatable bonds is 7. The van der Waals surface area contributed by atoms with E-state index in [-0.39, 0.29) is 5.69 Å². The number of hydrogen-bond acceptors (Lipinski definition) is 5. The number of halogens is 1. The van der Waals surface area contributed by atoms with Crippen LogP contribution >= 0.6 is 0 Å². The number of aromatic nitrogens is 1. The quantitative estimate of drug-likeness (QED) is 0.521. The van der Waals surface area contributed by atoms with E-state index in [1.807, 2.05) is 25.1 Å². The van der Waals surface area contributed by atoms with Crippen LogP contribution in [0.1, 0.15) is 43.4 Å². The topological polar surface area (TPSA) is 60.5 Å². The highest BCUT2D eigenvalue weighted by Crippen LogP contribution is 2.31. The van der Waals surface area contributed by atoms with Gasteiger partial charge in [0.15, 0.2) is 0 Å². The molecular weight excluding hydrogens is 393 g/mol. The lowest BCUT2D eigenvalue weighted by molar-refractivity contribution is -0.107. The molecule has 0 spiro atoms. The van der Waals surface area contributed by atoms with Crippen LogP contribution in [0, 0.1) is 18.7 Å². The molecule has 0 radical (unpaired) electrons. The number of hydrazine groups is 1. The summed E-state index contributed by atoms with van der Waals surface area (Å²) in [6, 6.07) is 9.33. The van der Waals surface area contributed by atoms with Gasteiger partial charge in [0.2, 0.25) is 6.41 Å². The Hall–Kier alpha value is -2.51. The highest BCUT2D eigenvalue weighted by molar-refractivity contribution is 5.79. The zero-order chi connectivity index (χ0) is 21.6. The van der Waals surface area contributed by atoms with Crippen LogP contribution in [0.2, 0.25) is 0 Å². The number of carbonyl (C=O) groups excluding carboxylic acids is 1. The molecule has 2 aliphatic heterocycles. The first-order valence-corrected chi connectivity index (χ1v) is 11.3. The van der Waals surface area contributed by atoms with Crippen molar-refractivity contribution in [3.8, 4) is 0 Å². The summed E-state index contributed by atoms with van der Waals surface area (Å²) >= 11 is 0. The minimum atomic E-state index is -0.433. The first-order valence-electron chi connectivity index (χ1n) is 11.3. The van der Waals surface area contributed by atoms with E-state index in [1.54, 1.807) is 12.3 Å². The summed E-state index contributed by atoms with van der Waals surface area (Å²) in [5.74, 6) is 0.292. The molecule has 0 bridgehead atoms. The molecule has 2 saturated heterocycles. The third-order valence-corrected chi connectivity index (χ3v) is 6.51. The van der Waals surface area contributed by atoms with Crippen molar-refractivity contribution in [3.05, 3.63) is 53.6 Å². The summed E-state index contributed by atoms with van der Waals surface area (Å²) in [6.45, 7) is 5.95. The number of anilines is 2. The zero-order valence-corrected chi connectivity index (χ0v) is 18.2. The van der Waals surface area contributed by atoms with E-state index in [0.29, 0.717) is 18.1 Å². The maximum Gasteiger partial charge on any atom is 0.232 e. The van der Waals surface area contributed by atoms with E-state index in [2.05, 4.69) is 20.6 Å². The van der Waals surface area contributed by atoms with Crippen molar-refractivity contribution in [2.45, 2.75) is 51.6 Å². The highest BCUT2D eigenvalue weighted by Gasteiger charge is 2.30. The first-order chi connectivity index (χ1) is 15.1. The Kier molecular flexibility index (Phi) is 7.14. The summed E-state index contributed by atoms with van der Waals surface area (Å²) < 4.78 is 14.6. The fraction of sp³-hybridized carbons (Fsp3) is 0.500. The van der Waals surface area contributed by atoms with Gasteiger partial charge < -0.3 is 5.32 Å². The van der Waals surface area contributed by atoms with Crippen molar-refractivity contribution in [1.82, 2.24) is 15.2 Å². The van der Waals surface area contributed by atoms with E-state index in [9.17, 15) is 9.18 Å². The molecule has 0 aliphatic carbocycles. The summed E-state index contributed by atoms with van der Waals surface area (Å²) in [5.41, 5.74) is 5.70. The van der Waals surface area contributed by atoms with Gasteiger partial charge in [-0.3, -0.25) is 20.1 Å². The fourth-order valence-corrected chi connectivity index (χ4v) is 4.87. The number of nitrogens with one attached hydrogen (secondary N) is 2. The standard InChI is InChI=1S/C24H32FN5O/c1-18-5-7-21(15-27-18)28-30(17-31)24-14-19(6-8-22(24)25)16-29-13-3-2-4-23(29)20-9-11-26-12-10-20/h5-8,14-15,17,20,23,26,28H,2-4,9-13,16H2,1H3. The monoisotopic (exact) mass is 425 g/mol. The molecule has 31 heavy (non-hydrogen) atoms. The number of nitrogens with zero attached hydrogens (tertiary/aromatic N) is 3. The molecule has 2 N–H and O–H groups in total. The van der Waals surface area contributed by atoms with Crippen molar-refractivity contribution in [2.75, 3.05) is 30.1 Å². The lowest BCUT2D eigenvalue weighted by Crippen LogP contribution is -2.46. The van der Waals surface area contributed by atoms with E-state index in [0.717, 1.165) is 43.4 Å². The van der Waals surface area contributed by atoms with Crippen molar-refractivity contribution >= 4 is 17.8 Å². The summed E-state index contributed by atoms with van der Waals surface area (Å²) in [7, 11) is 0. The van der Waals surface area contributed by atoms with Crippen LogP contribution in [0.25, 0.3) is 0 Å². The number of likely N-dealkylation sites (tertiary alicyclic amines) is 1. The number of piperidine rings is 2. The maximum atomic E-state index is 14.6. The largest absolute Gasteiger partial charge is 0.317 e. The zero-order valence-electron chi connectivity index (χ0n) is 18.2. The van der Waals surface area contributed by atoms with Gasteiger partial charge in [0.05, 0.1) is 11.9 Å². The summed E-state index contributed by atoms with van der Waals surface area (Å²) in [6.07, 6.45) is 8.41. The second-order valence-corrected chi connectivity index (χ2v) is 8.68. The van der Waals surface area contributed by atoms with E-state index in [1.165, 1.54) is 43.2 Å². The Morgan fingerprint density at radius 1 is 1.23 bits per heavy atom. The van der Waals surface area contributed by atoms with Crippen LogP contribution < -0.4 is 15.8 Å². The van der Waals surface area contributed by atoms with Gasteiger partial charge in [-0.15, -0.1) is 0 Å². The second-order valence-electron chi connectivity index (χ2n) is 8.68. The molecule has 2 fully saturated rings. The van der Waals surface area contributed by atoms with Gasteiger partial charge in [-0.25, -0.2) is 9.40 Å². The molecule has 1 atom stereocenters. The molecule has 4 rings (SSSR count). The number of aryl methyl sites for hydroxylation is 1. The van der Waals surface area contributed by atoms with Gasteiger partial charge in [-0.2, -0.15) is 0 Å². The molecule has 1 unspecified atom stereocenters. The molecule has 6 nitrogen and oxygen atoms in total. The predicted octanol–water partition coefficient (Wildman–Crippen LogP) is 3.87. The Morgan fingerprint density at radius 2 is 2.06 bits per heavy atom. The molecule has 1 aromatic heterocycles. The van der Waals surface area contributed by atoms with Crippen LogP contribution in [0.15, 0.2) is 36.5 Å². The Labute approximate surface area is 183 Å². The molecule has 1 aromatic carbocycles. The van der Waals surface area contributed by atoms with Gasteiger partial charge in [0.1, 0.15) is 11.5 Å². The molecule has 2 aliphatic rings. The number of carbonyl (C=O) groups is 1. The fourth-order valence-electron chi connectivity index (χ4n) is 4.87. The van der Waals surface area contributed by atoms with Crippen LogP contribution in [0.3, 0.4) is 0 Å². The Bertz CT molecular complexity index is 869.